The van der Waals surface area contributed by atoms with Crippen molar-refractivity contribution in [2.24, 2.45) is 0 Å². The van der Waals surface area contributed by atoms with Crippen LogP contribution in [0.2, 0.25) is 0 Å². The van der Waals surface area contributed by atoms with Crippen LogP contribution in [0.5, 0.6) is 0 Å². The van der Waals surface area contributed by atoms with Gasteiger partial charge in [-0.2, -0.15) is 5.10 Å². The fraction of sp³-hybridized carbons (Fsp3) is 0.533. The van der Waals surface area contributed by atoms with Gasteiger partial charge in [0, 0.05) is 30.4 Å². The number of carbonyl (C=O) groups is 1. The number of rotatable bonds is 7. The quantitative estimate of drug-likeness (QED) is 0.814. The predicted molar refractivity (Wildman–Crippen MR) is 90.8 cm³/mol. The summed E-state index contributed by atoms with van der Waals surface area (Å²) in [4.78, 5) is 16.8. The zero-order chi connectivity index (χ0) is 16.9. The Bertz CT molecular complexity index is 654. The van der Waals surface area contributed by atoms with E-state index in [1.165, 1.54) is 0 Å². The van der Waals surface area contributed by atoms with Crippen LogP contribution in [0, 0.1) is 6.92 Å². The first-order chi connectivity index (χ1) is 11.0. The Balaban J connectivity index is 1.98. The molecule has 2 aromatic heterocycles. The van der Waals surface area contributed by atoms with Crippen LogP contribution >= 0.6 is 11.3 Å². The number of hydrogen-bond acceptors (Lipinski definition) is 5. The van der Waals surface area contributed by atoms with Crippen molar-refractivity contribution < 1.29 is 9.53 Å². The molecule has 0 aliphatic carbocycles. The number of thiazole rings is 1. The molecule has 0 fully saturated rings. The van der Waals surface area contributed by atoms with Crippen molar-refractivity contribution in [3.8, 4) is 0 Å². The largest absolute Gasteiger partial charge is 0.383 e. The van der Waals surface area contributed by atoms with Gasteiger partial charge in [-0.3, -0.25) is 10.00 Å². The highest BCUT2D eigenvalue weighted by molar-refractivity contribution is 7.09. The monoisotopic (exact) mass is 337 g/mol. The number of urea groups is 1. The molecule has 1 atom stereocenters. The van der Waals surface area contributed by atoms with Gasteiger partial charge in [0.15, 0.2) is 5.82 Å². The van der Waals surface area contributed by atoms with E-state index in [0.717, 1.165) is 17.1 Å². The van der Waals surface area contributed by atoms with Gasteiger partial charge in [0.1, 0.15) is 5.01 Å². The van der Waals surface area contributed by atoms with Crippen LogP contribution in [0.3, 0.4) is 0 Å². The third kappa shape index (κ3) is 4.52. The second-order valence-electron chi connectivity index (χ2n) is 5.52. The number of aromatic nitrogens is 3. The first-order valence-corrected chi connectivity index (χ1v) is 8.39. The molecule has 2 amide bonds. The molecule has 126 valence electrons. The van der Waals surface area contributed by atoms with Crippen molar-refractivity contribution in [1.29, 1.82) is 0 Å². The van der Waals surface area contributed by atoms with Crippen molar-refractivity contribution in [1.82, 2.24) is 20.1 Å². The van der Waals surface area contributed by atoms with Gasteiger partial charge in [-0.25, -0.2) is 9.78 Å². The van der Waals surface area contributed by atoms with E-state index in [1.807, 2.05) is 26.2 Å². The van der Waals surface area contributed by atoms with Crippen molar-refractivity contribution in [3.63, 3.8) is 0 Å². The number of hydrogen-bond donors (Lipinski definition) is 2. The molecular formula is C15H23N5O2S. The van der Waals surface area contributed by atoms with Crippen LogP contribution in [0.15, 0.2) is 17.6 Å². The highest BCUT2D eigenvalue weighted by Gasteiger charge is 2.29. The summed E-state index contributed by atoms with van der Waals surface area (Å²) < 4.78 is 6.73. The minimum absolute atomic E-state index is 0.292. The van der Waals surface area contributed by atoms with Crippen molar-refractivity contribution >= 4 is 23.2 Å². The van der Waals surface area contributed by atoms with E-state index in [9.17, 15) is 4.79 Å². The normalized spacial score (nSPS) is 13.6. The summed E-state index contributed by atoms with van der Waals surface area (Å²) in [6.07, 6.45) is 2.55. The van der Waals surface area contributed by atoms with Crippen LogP contribution in [-0.4, -0.2) is 34.5 Å². The summed E-state index contributed by atoms with van der Waals surface area (Å²) in [6.45, 7) is 7.16. The van der Waals surface area contributed by atoms with Crippen LogP contribution in [0.4, 0.5) is 10.6 Å². The first-order valence-electron chi connectivity index (χ1n) is 7.51. The molecule has 23 heavy (non-hydrogen) atoms. The average Bonchev–Trinajstić information content (AvgIpc) is 3.14. The van der Waals surface area contributed by atoms with E-state index < -0.39 is 5.54 Å². The fourth-order valence-corrected chi connectivity index (χ4v) is 3.02. The molecule has 0 saturated heterocycles. The molecule has 0 saturated carbocycles. The number of carbonyl (C=O) groups excluding carboxylic acids is 1. The maximum atomic E-state index is 12.3. The van der Waals surface area contributed by atoms with Gasteiger partial charge in [0.2, 0.25) is 0 Å². The van der Waals surface area contributed by atoms with Gasteiger partial charge in [0.25, 0.3) is 0 Å². The van der Waals surface area contributed by atoms with E-state index in [1.54, 1.807) is 35.4 Å². The maximum Gasteiger partial charge on any atom is 0.321 e. The van der Waals surface area contributed by atoms with Gasteiger partial charge in [-0.15, -0.1) is 11.3 Å². The molecule has 7 nitrogen and oxygen atoms in total. The Morgan fingerprint density at radius 1 is 1.52 bits per heavy atom. The van der Waals surface area contributed by atoms with Gasteiger partial charge < -0.3 is 10.1 Å². The lowest BCUT2D eigenvalue weighted by Gasteiger charge is -2.27. The molecular weight excluding hydrogens is 314 g/mol. The van der Waals surface area contributed by atoms with Crippen LogP contribution in [0.25, 0.3) is 0 Å². The molecule has 0 aliphatic rings. The zero-order valence-electron chi connectivity index (χ0n) is 13.9. The second kappa shape index (κ2) is 7.56. The number of anilines is 1. The summed E-state index contributed by atoms with van der Waals surface area (Å²) >= 11 is 1.56. The number of nitrogens with zero attached hydrogens (tertiary/aromatic N) is 3. The lowest BCUT2D eigenvalue weighted by atomic mass is 10.0. The molecule has 8 heteroatoms. The molecule has 2 N–H and O–H groups in total. The third-order valence-corrected chi connectivity index (χ3v) is 4.82. The van der Waals surface area contributed by atoms with Gasteiger partial charge >= 0.3 is 6.03 Å². The number of nitrogens with one attached hydrogen (secondary N) is 2. The molecule has 2 heterocycles. The molecule has 0 bridgehead atoms. The van der Waals surface area contributed by atoms with E-state index in [2.05, 4.69) is 20.7 Å². The first kappa shape index (κ1) is 17.4. The smallest absolute Gasteiger partial charge is 0.321 e. The Morgan fingerprint density at radius 2 is 2.30 bits per heavy atom. The Hall–Kier alpha value is -1.93. The van der Waals surface area contributed by atoms with Crippen LogP contribution < -0.4 is 10.6 Å². The molecule has 2 aromatic rings. The number of methoxy groups -OCH3 is 1. The van der Waals surface area contributed by atoms with E-state index >= 15 is 0 Å². The van der Waals surface area contributed by atoms with E-state index in [0.29, 0.717) is 19.0 Å². The van der Waals surface area contributed by atoms with E-state index in [4.69, 9.17) is 4.74 Å². The average molecular weight is 337 g/mol. The van der Waals surface area contributed by atoms with Crippen molar-refractivity contribution in [2.45, 2.75) is 39.3 Å². The van der Waals surface area contributed by atoms with Crippen molar-refractivity contribution in [2.75, 3.05) is 19.0 Å². The van der Waals surface area contributed by atoms with Crippen LogP contribution in [-0.2, 0) is 16.8 Å². The lowest BCUT2D eigenvalue weighted by molar-refractivity contribution is 0.183. The fourth-order valence-electron chi connectivity index (χ4n) is 2.04. The Morgan fingerprint density at radius 3 is 2.91 bits per heavy atom. The van der Waals surface area contributed by atoms with Gasteiger partial charge in [-0.1, -0.05) is 6.92 Å². The van der Waals surface area contributed by atoms with E-state index in [-0.39, 0.29) is 6.03 Å². The SMILES string of the molecule is CCC(C)(NC(=O)Nc1ccn(CCOC)n1)c1nc(C)cs1. The molecule has 0 aliphatic heterocycles. The summed E-state index contributed by atoms with van der Waals surface area (Å²) in [5, 5.41) is 12.9. The van der Waals surface area contributed by atoms with Crippen molar-refractivity contribution in [3.05, 3.63) is 28.3 Å². The highest BCUT2D eigenvalue weighted by Crippen LogP contribution is 2.27. The Labute approximate surface area is 140 Å². The predicted octanol–water partition coefficient (Wildman–Crippen LogP) is 2.74. The maximum absolute atomic E-state index is 12.3. The standard InChI is InChI=1S/C15H23N5O2S/c1-5-15(3,13-16-11(2)10-23-13)18-14(21)17-12-6-7-20(19-12)8-9-22-4/h6-7,10H,5,8-9H2,1-4H3,(H2,17,18,19,21). The summed E-state index contributed by atoms with van der Waals surface area (Å²) in [5.74, 6) is 0.507. The molecule has 0 radical (unpaired) electrons. The minimum Gasteiger partial charge on any atom is -0.383 e. The molecule has 0 spiro atoms. The van der Waals surface area contributed by atoms with Gasteiger partial charge in [0.05, 0.1) is 18.7 Å². The number of aryl methyl sites for hydroxylation is 1. The topological polar surface area (TPSA) is 81.1 Å². The summed E-state index contributed by atoms with van der Waals surface area (Å²) in [6, 6.07) is 1.46. The summed E-state index contributed by atoms with van der Waals surface area (Å²) in [5.41, 5.74) is 0.463. The highest BCUT2D eigenvalue weighted by atomic mass is 32.1. The Kier molecular flexibility index (Phi) is 5.73. The zero-order valence-corrected chi connectivity index (χ0v) is 14.7. The second-order valence-corrected chi connectivity index (χ2v) is 6.37. The number of ether oxygens (including phenoxy) is 1. The van der Waals surface area contributed by atoms with Crippen LogP contribution in [0.1, 0.15) is 31.0 Å². The molecule has 2 rings (SSSR count). The number of amides is 2. The molecule has 1 unspecified atom stereocenters. The van der Waals surface area contributed by atoms with Gasteiger partial charge in [-0.05, 0) is 20.3 Å². The molecule has 0 aromatic carbocycles. The lowest BCUT2D eigenvalue weighted by Crippen LogP contribution is -2.45. The summed E-state index contributed by atoms with van der Waals surface area (Å²) in [7, 11) is 1.64. The minimum atomic E-state index is -0.498. The third-order valence-electron chi connectivity index (χ3n) is 3.59.